The van der Waals surface area contributed by atoms with E-state index in [-0.39, 0.29) is 40.8 Å². The van der Waals surface area contributed by atoms with Gasteiger partial charge in [-0.15, -0.1) is 0 Å². The second-order valence-corrected chi connectivity index (χ2v) is 12.3. The molecule has 7 nitrogen and oxygen atoms in total. The Morgan fingerprint density at radius 2 is 1.83 bits per heavy atom. The second-order valence-electron chi connectivity index (χ2n) is 12.3. The van der Waals surface area contributed by atoms with Crippen molar-refractivity contribution in [3.63, 3.8) is 0 Å². The number of carbonyl (C=O) groups is 3. The number of amides is 2. The van der Waals surface area contributed by atoms with Crippen molar-refractivity contribution < 1.29 is 24.2 Å². The first-order valence-corrected chi connectivity index (χ1v) is 13.6. The fourth-order valence-corrected chi connectivity index (χ4v) is 8.29. The zero-order chi connectivity index (χ0) is 25.6. The summed E-state index contributed by atoms with van der Waals surface area (Å²) in [5, 5.41) is 17.4. The Morgan fingerprint density at radius 3 is 2.49 bits per heavy atom. The van der Waals surface area contributed by atoms with Gasteiger partial charge in [-0.2, -0.15) is 0 Å². The Labute approximate surface area is 209 Å². The molecule has 4 aliphatic rings. The van der Waals surface area contributed by atoms with Gasteiger partial charge in [0.2, 0.25) is 5.91 Å². The van der Waals surface area contributed by atoms with Crippen LogP contribution in [0.5, 0.6) is 0 Å². The number of allylic oxidation sites excluding steroid dienone is 1. The van der Waals surface area contributed by atoms with Crippen molar-refractivity contribution in [3.05, 3.63) is 12.2 Å². The number of rotatable bonds is 3. The number of hydrogen-bond donors (Lipinski definition) is 3. The SMILES string of the molecule is C/C=C\[C@]1(C)C[C@@H](OC(=O)NC(=O)C2CCNCC2)[C@]2(C)C(C)CCC3(CCC(=O)C32)[C@@H](C)[C@@H]1O. The summed E-state index contributed by atoms with van der Waals surface area (Å²) in [6, 6.07) is 0. The molecule has 7 heteroatoms. The van der Waals surface area contributed by atoms with Crippen LogP contribution in [-0.2, 0) is 14.3 Å². The van der Waals surface area contributed by atoms with Gasteiger partial charge >= 0.3 is 6.09 Å². The number of piperidine rings is 1. The van der Waals surface area contributed by atoms with Crippen molar-refractivity contribution in [1.29, 1.82) is 0 Å². The number of carbonyl (C=O) groups excluding carboxylic acids is 3. The molecule has 0 aromatic rings. The Morgan fingerprint density at radius 1 is 1.14 bits per heavy atom. The lowest BCUT2D eigenvalue weighted by Crippen LogP contribution is -2.63. The minimum absolute atomic E-state index is 0.0526. The van der Waals surface area contributed by atoms with Crippen molar-refractivity contribution in [3.8, 4) is 0 Å². The van der Waals surface area contributed by atoms with Crippen LogP contribution in [-0.4, -0.2) is 48.2 Å². The van der Waals surface area contributed by atoms with E-state index in [2.05, 4.69) is 31.4 Å². The third kappa shape index (κ3) is 4.26. The molecule has 3 saturated carbocycles. The summed E-state index contributed by atoms with van der Waals surface area (Å²) in [4.78, 5) is 39.3. The highest BCUT2D eigenvalue weighted by Crippen LogP contribution is 2.68. The summed E-state index contributed by atoms with van der Waals surface area (Å²) in [5.41, 5.74) is -1.50. The predicted octanol–water partition coefficient (Wildman–Crippen LogP) is 3.99. The van der Waals surface area contributed by atoms with Gasteiger partial charge in [0.25, 0.3) is 0 Å². The summed E-state index contributed by atoms with van der Waals surface area (Å²) >= 11 is 0. The largest absolute Gasteiger partial charge is 0.445 e. The summed E-state index contributed by atoms with van der Waals surface area (Å²) < 4.78 is 6.14. The summed E-state index contributed by atoms with van der Waals surface area (Å²) in [6.07, 6.45) is 6.87. The molecule has 2 amide bonds. The molecule has 4 rings (SSSR count). The van der Waals surface area contributed by atoms with E-state index in [4.69, 9.17) is 4.74 Å². The lowest BCUT2D eigenvalue weighted by atomic mass is 9.44. The topological polar surface area (TPSA) is 105 Å². The summed E-state index contributed by atoms with van der Waals surface area (Å²) in [7, 11) is 0. The summed E-state index contributed by atoms with van der Waals surface area (Å²) in [6.45, 7) is 11.9. The Kier molecular flexibility index (Phi) is 7.24. The van der Waals surface area contributed by atoms with Gasteiger partial charge in [0.15, 0.2) is 0 Å². The van der Waals surface area contributed by atoms with Crippen LogP contribution in [0.3, 0.4) is 0 Å². The van der Waals surface area contributed by atoms with Crippen molar-refractivity contribution >= 4 is 17.8 Å². The van der Waals surface area contributed by atoms with Gasteiger partial charge in [-0.05, 0) is 75.8 Å². The van der Waals surface area contributed by atoms with Gasteiger partial charge in [-0.25, -0.2) is 4.79 Å². The Bertz CT molecular complexity index is 883. The van der Waals surface area contributed by atoms with Crippen LogP contribution in [0.25, 0.3) is 0 Å². The van der Waals surface area contributed by atoms with Crippen molar-refractivity contribution in [1.82, 2.24) is 10.6 Å². The molecule has 0 radical (unpaired) electrons. The third-order valence-electron chi connectivity index (χ3n) is 10.6. The number of nitrogens with one attached hydrogen (secondary N) is 2. The van der Waals surface area contributed by atoms with E-state index in [0.29, 0.717) is 25.7 Å². The highest BCUT2D eigenvalue weighted by Gasteiger charge is 2.68. The zero-order valence-electron chi connectivity index (χ0n) is 22.1. The number of imide groups is 1. The van der Waals surface area contributed by atoms with E-state index >= 15 is 0 Å². The van der Waals surface area contributed by atoms with Gasteiger partial charge in [0.05, 0.1) is 6.10 Å². The molecule has 0 aromatic heterocycles. The number of Topliss-reactive ketones (excluding diaryl/α,β-unsaturated/α-hetero) is 1. The van der Waals surface area contributed by atoms with Crippen LogP contribution in [0.15, 0.2) is 12.2 Å². The first kappa shape index (κ1) is 26.3. The van der Waals surface area contributed by atoms with Crippen molar-refractivity contribution in [2.45, 2.75) is 91.8 Å². The van der Waals surface area contributed by atoms with Crippen LogP contribution < -0.4 is 10.6 Å². The standard InChI is InChI=1S/C28H44N2O5/c1-6-11-26(4)16-21(35-25(34)30-24(33)19-9-14-29-15-10-19)27(5)17(2)7-12-28(18(3)23(26)32)13-8-20(31)22(27)28/h6,11,17-19,21-23,29,32H,7-10,12-16H2,1-5H3,(H,30,33,34)/b11-6-/t17?,18-,21+,22?,23-,26+,27-,28?/m0/s1. The van der Waals surface area contributed by atoms with E-state index in [9.17, 15) is 19.5 Å². The average molecular weight is 489 g/mol. The predicted molar refractivity (Wildman–Crippen MR) is 133 cm³/mol. The maximum Gasteiger partial charge on any atom is 0.414 e. The molecule has 1 heterocycles. The lowest BCUT2D eigenvalue weighted by Gasteiger charge is -2.61. The molecule has 1 aliphatic heterocycles. The summed E-state index contributed by atoms with van der Waals surface area (Å²) in [5.74, 6) is -0.421. The number of aliphatic hydroxyl groups is 1. The molecule has 35 heavy (non-hydrogen) atoms. The van der Waals surface area contributed by atoms with E-state index in [1.165, 1.54) is 0 Å². The average Bonchev–Trinajstić information content (AvgIpc) is 3.18. The van der Waals surface area contributed by atoms with Crippen LogP contribution >= 0.6 is 0 Å². The number of hydrogen-bond acceptors (Lipinski definition) is 6. The van der Waals surface area contributed by atoms with Gasteiger partial charge in [0.1, 0.15) is 11.9 Å². The van der Waals surface area contributed by atoms with Crippen LogP contribution in [0.1, 0.15) is 79.6 Å². The maximum atomic E-state index is 13.5. The van der Waals surface area contributed by atoms with E-state index in [0.717, 1.165) is 32.4 Å². The fraction of sp³-hybridized carbons (Fsp3) is 0.821. The molecular formula is C28H44N2O5. The van der Waals surface area contributed by atoms with E-state index in [1.807, 2.05) is 26.0 Å². The molecular weight excluding hydrogens is 444 g/mol. The van der Waals surface area contributed by atoms with E-state index in [1.54, 1.807) is 0 Å². The molecule has 8 atom stereocenters. The smallest absolute Gasteiger partial charge is 0.414 e. The number of alkyl carbamates (subject to hydrolysis) is 1. The molecule has 0 spiro atoms. The normalized spacial score (nSPS) is 44.4. The highest BCUT2D eigenvalue weighted by atomic mass is 16.6. The molecule has 4 fully saturated rings. The maximum absolute atomic E-state index is 13.5. The van der Waals surface area contributed by atoms with Crippen LogP contribution in [0, 0.1) is 39.9 Å². The molecule has 196 valence electrons. The zero-order valence-corrected chi connectivity index (χ0v) is 22.1. The minimum atomic E-state index is -0.737. The molecule has 1 saturated heterocycles. The molecule has 2 bridgehead atoms. The second kappa shape index (κ2) is 9.62. The minimum Gasteiger partial charge on any atom is -0.445 e. The number of ketones is 1. The Balaban J connectivity index is 1.70. The van der Waals surface area contributed by atoms with Crippen molar-refractivity contribution in [2.24, 2.45) is 39.9 Å². The number of aliphatic hydroxyl groups excluding tert-OH is 1. The van der Waals surface area contributed by atoms with Crippen molar-refractivity contribution in [2.75, 3.05) is 13.1 Å². The molecule has 3 aliphatic carbocycles. The van der Waals surface area contributed by atoms with Crippen LogP contribution in [0.2, 0.25) is 0 Å². The monoisotopic (exact) mass is 488 g/mol. The lowest BCUT2D eigenvalue weighted by molar-refractivity contribution is -0.191. The fourth-order valence-electron chi connectivity index (χ4n) is 8.29. The van der Waals surface area contributed by atoms with Gasteiger partial charge in [-0.1, -0.05) is 39.8 Å². The molecule has 0 aromatic carbocycles. The first-order valence-electron chi connectivity index (χ1n) is 13.6. The molecule has 3 N–H and O–H groups in total. The first-order chi connectivity index (χ1) is 16.5. The number of ether oxygens (including phenoxy) is 1. The van der Waals surface area contributed by atoms with Gasteiger partial charge in [-0.3, -0.25) is 14.9 Å². The highest BCUT2D eigenvalue weighted by molar-refractivity contribution is 5.93. The van der Waals surface area contributed by atoms with Crippen LogP contribution in [0.4, 0.5) is 4.79 Å². The Hall–Kier alpha value is -1.73. The third-order valence-corrected chi connectivity index (χ3v) is 10.6. The van der Waals surface area contributed by atoms with Gasteiger partial charge in [0, 0.05) is 29.1 Å². The quantitative estimate of drug-likeness (QED) is 0.519. The van der Waals surface area contributed by atoms with Gasteiger partial charge < -0.3 is 15.2 Å². The van der Waals surface area contributed by atoms with E-state index < -0.39 is 29.1 Å². The molecule has 3 unspecified atom stereocenters.